The van der Waals surface area contributed by atoms with Crippen molar-refractivity contribution in [1.82, 2.24) is 0 Å². The van der Waals surface area contributed by atoms with Crippen LogP contribution in [0.2, 0.25) is 0 Å². The maximum absolute atomic E-state index is 12.9. The summed E-state index contributed by atoms with van der Waals surface area (Å²) in [6.45, 7) is 5.90. The van der Waals surface area contributed by atoms with Crippen molar-refractivity contribution < 1.29 is 19.1 Å². The molecule has 4 aliphatic rings. The van der Waals surface area contributed by atoms with Crippen LogP contribution < -0.4 is 0 Å². The molecule has 4 nitrogen and oxygen atoms in total. The number of ketones is 2. The first kappa shape index (κ1) is 22.4. The number of halogens is 2. The Bertz CT molecular complexity index is 855. The number of rotatable bonds is 3. The molecule has 0 aromatic heterocycles. The molecule has 30 heavy (non-hydrogen) atoms. The first-order chi connectivity index (χ1) is 14.1. The Balaban J connectivity index is 1.66. The minimum atomic E-state index is -0.393. The van der Waals surface area contributed by atoms with E-state index in [0.717, 1.165) is 41.9 Å². The molecule has 0 unspecified atom stereocenters. The second kappa shape index (κ2) is 7.99. The average Bonchev–Trinajstić information content (AvgIpc) is 3.03. The molecule has 0 aromatic rings. The van der Waals surface area contributed by atoms with E-state index in [1.165, 1.54) is 18.1 Å². The fraction of sp³-hybridized carbons (Fsp3) is 0.708. The van der Waals surface area contributed by atoms with Gasteiger partial charge in [0.25, 0.3) is 0 Å². The molecule has 0 amide bonds. The van der Waals surface area contributed by atoms with Crippen LogP contribution in [-0.4, -0.2) is 24.1 Å². The predicted octanol–water partition coefficient (Wildman–Crippen LogP) is 5.88. The number of esters is 1. The molecule has 0 bridgehead atoms. The largest absolute Gasteiger partial charge is 0.458 e. The van der Waals surface area contributed by atoms with Gasteiger partial charge in [-0.05, 0) is 116 Å². The van der Waals surface area contributed by atoms with E-state index < -0.39 is 5.97 Å². The summed E-state index contributed by atoms with van der Waals surface area (Å²) in [5.41, 5.74) is 2.42. The highest BCUT2D eigenvalue weighted by Gasteiger charge is 2.61. The van der Waals surface area contributed by atoms with E-state index in [9.17, 15) is 14.4 Å². The summed E-state index contributed by atoms with van der Waals surface area (Å²) in [5.74, 6) is 1.42. The van der Waals surface area contributed by atoms with Gasteiger partial charge >= 0.3 is 5.97 Å². The van der Waals surface area contributed by atoms with Crippen LogP contribution in [-0.2, 0) is 19.1 Å². The fourth-order valence-electron chi connectivity index (χ4n) is 7.42. The van der Waals surface area contributed by atoms with E-state index in [0.29, 0.717) is 24.2 Å². The van der Waals surface area contributed by atoms with Gasteiger partial charge in [-0.15, -0.1) is 0 Å². The summed E-state index contributed by atoms with van der Waals surface area (Å²) < 4.78 is 6.00. The van der Waals surface area contributed by atoms with E-state index in [2.05, 4.69) is 45.7 Å². The smallest absolute Gasteiger partial charge is 0.303 e. The SMILES string of the molecule is CC(=O)OCC(=O)[C@H]1CC[C@H]2[C@@H]3CC(=C(Br)Br)C4=CC(=O)CC[C@]4(C)[C@H]3CC[C@]12C. The third kappa shape index (κ3) is 3.50. The van der Waals surface area contributed by atoms with Gasteiger partial charge in [-0.1, -0.05) is 13.8 Å². The molecule has 0 radical (unpaired) electrons. The Hall–Kier alpha value is -0.750. The lowest BCUT2D eigenvalue weighted by Crippen LogP contribution is -2.52. The van der Waals surface area contributed by atoms with Crippen LogP contribution >= 0.6 is 31.9 Å². The number of carbonyl (C=O) groups excluding carboxylic acids is 3. The maximum atomic E-state index is 12.9. The third-order valence-corrected chi connectivity index (χ3v) is 9.82. The third-order valence-electron chi connectivity index (χ3n) is 8.87. The monoisotopic (exact) mass is 540 g/mol. The molecular weight excluding hydrogens is 512 g/mol. The normalized spacial score (nSPS) is 40.1. The van der Waals surface area contributed by atoms with Gasteiger partial charge in [-0.2, -0.15) is 0 Å². The Labute approximate surface area is 195 Å². The second-order valence-corrected chi connectivity index (χ2v) is 12.8. The van der Waals surface area contributed by atoms with E-state index in [1.807, 2.05) is 6.08 Å². The van der Waals surface area contributed by atoms with Crippen LogP contribution in [0.1, 0.15) is 65.7 Å². The van der Waals surface area contributed by atoms with Crippen molar-refractivity contribution in [2.45, 2.75) is 65.7 Å². The molecule has 4 aliphatic carbocycles. The summed E-state index contributed by atoms with van der Waals surface area (Å²) in [5, 5.41) is 0. The lowest BCUT2D eigenvalue weighted by Gasteiger charge is -2.58. The minimum absolute atomic E-state index is 0.0140. The van der Waals surface area contributed by atoms with Gasteiger partial charge in [0.05, 0.1) is 3.39 Å². The Morgan fingerprint density at radius 2 is 1.87 bits per heavy atom. The fourth-order valence-corrected chi connectivity index (χ4v) is 8.17. The molecule has 164 valence electrons. The lowest BCUT2D eigenvalue weighted by molar-refractivity contribution is -0.149. The summed E-state index contributed by atoms with van der Waals surface area (Å²) in [6, 6.07) is 0. The van der Waals surface area contributed by atoms with Crippen LogP contribution in [0.15, 0.2) is 20.6 Å². The van der Waals surface area contributed by atoms with Crippen molar-refractivity contribution in [2.75, 3.05) is 6.61 Å². The number of Topliss-reactive ketones (excluding diaryl/α,β-unsaturated/α-hetero) is 1. The zero-order chi connectivity index (χ0) is 21.8. The predicted molar refractivity (Wildman–Crippen MR) is 122 cm³/mol. The van der Waals surface area contributed by atoms with Gasteiger partial charge in [-0.3, -0.25) is 14.4 Å². The van der Waals surface area contributed by atoms with Gasteiger partial charge in [0.1, 0.15) is 6.61 Å². The van der Waals surface area contributed by atoms with Gasteiger partial charge in [0.15, 0.2) is 11.6 Å². The zero-order valence-electron chi connectivity index (χ0n) is 17.9. The molecule has 0 heterocycles. The van der Waals surface area contributed by atoms with Gasteiger partial charge in [0, 0.05) is 19.3 Å². The van der Waals surface area contributed by atoms with Crippen molar-refractivity contribution in [2.24, 2.45) is 34.5 Å². The molecule has 6 heteroatoms. The standard InChI is InChI=1S/C24H30Br2O4/c1-13(27)30-12-21(29)19-5-4-17-15-11-16(22(25)26)20-10-14(28)6-8-24(20,3)18(15)7-9-23(17,19)2/h10,15,17-19H,4-9,11-12H2,1-3H3/t15-,17-,18-,19+,23-,24+/m0/s1. The number of ether oxygens (including phenoxy) is 1. The maximum Gasteiger partial charge on any atom is 0.303 e. The summed E-state index contributed by atoms with van der Waals surface area (Å²) in [6.07, 6.45) is 8.43. The van der Waals surface area contributed by atoms with Crippen molar-refractivity contribution in [3.8, 4) is 0 Å². The molecule has 0 aromatic carbocycles. The quantitative estimate of drug-likeness (QED) is 0.419. The van der Waals surface area contributed by atoms with Crippen LogP contribution in [0.25, 0.3) is 0 Å². The lowest BCUT2D eigenvalue weighted by atomic mass is 9.46. The summed E-state index contributed by atoms with van der Waals surface area (Å²) >= 11 is 7.31. The van der Waals surface area contributed by atoms with E-state index >= 15 is 0 Å². The summed E-state index contributed by atoms with van der Waals surface area (Å²) in [4.78, 5) is 36.4. The Morgan fingerprint density at radius 3 is 2.53 bits per heavy atom. The Morgan fingerprint density at radius 1 is 1.13 bits per heavy atom. The van der Waals surface area contributed by atoms with Crippen LogP contribution in [0, 0.1) is 34.5 Å². The molecule has 0 aliphatic heterocycles. The van der Waals surface area contributed by atoms with E-state index in [1.54, 1.807) is 0 Å². The number of fused-ring (bicyclic) bond motifs is 5. The molecule has 3 fully saturated rings. The van der Waals surface area contributed by atoms with Gasteiger partial charge in [-0.25, -0.2) is 0 Å². The van der Waals surface area contributed by atoms with Crippen LogP contribution in [0.3, 0.4) is 0 Å². The second-order valence-electron chi connectivity index (χ2n) is 10.2. The molecule has 6 atom stereocenters. The average molecular weight is 542 g/mol. The van der Waals surface area contributed by atoms with Crippen molar-refractivity contribution >= 4 is 49.4 Å². The van der Waals surface area contributed by atoms with E-state index in [4.69, 9.17) is 4.74 Å². The minimum Gasteiger partial charge on any atom is -0.458 e. The van der Waals surface area contributed by atoms with Crippen molar-refractivity contribution in [3.05, 3.63) is 20.6 Å². The van der Waals surface area contributed by atoms with Crippen LogP contribution in [0.5, 0.6) is 0 Å². The van der Waals surface area contributed by atoms with Gasteiger partial charge in [0.2, 0.25) is 0 Å². The summed E-state index contributed by atoms with van der Waals surface area (Å²) in [7, 11) is 0. The molecule has 3 saturated carbocycles. The highest BCUT2D eigenvalue weighted by molar-refractivity contribution is 9.28. The van der Waals surface area contributed by atoms with Crippen molar-refractivity contribution in [1.29, 1.82) is 0 Å². The number of carbonyl (C=O) groups is 3. The van der Waals surface area contributed by atoms with Crippen molar-refractivity contribution in [3.63, 3.8) is 0 Å². The molecular formula is C24H30Br2O4. The van der Waals surface area contributed by atoms with E-state index in [-0.39, 0.29) is 34.9 Å². The topological polar surface area (TPSA) is 60.4 Å². The highest BCUT2D eigenvalue weighted by Crippen LogP contribution is 2.68. The zero-order valence-corrected chi connectivity index (χ0v) is 21.1. The number of hydrogen-bond acceptors (Lipinski definition) is 4. The highest BCUT2D eigenvalue weighted by atomic mass is 79.9. The molecule has 0 N–H and O–H groups in total. The molecule has 0 saturated heterocycles. The first-order valence-corrected chi connectivity index (χ1v) is 12.6. The van der Waals surface area contributed by atoms with Crippen LogP contribution in [0.4, 0.5) is 0 Å². The number of allylic oxidation sites excluding steroid dienone is 2. The number of hydrogen-bond donors (Lipinski definition) is 0. The molecule has 0 spiro atoms. The van der Waals surface area contributed by atoms with Gasteiger partial charge < -0.3 is 4.74 Å². The Kier molecular flexibility index (Phi) is 5.98. The molecule has 4 rings (SSSR count). The first-order valence-electron chi connectivity index (χ1n) is 11.0.